The summed E-state index contributed by atoms with van der Waals surface area (Å²) in [7, 11) is 0. The second-order valence-electron chi connectivity index (χ2n) is 8.06. The first kappa shape index (κ1) is 19.2. The zero-order chi connectivity index (χ0) is 21.7. The van der Waals surface area contributed by atoms with Gasteiger partial charge in [0.2, 0.25) is 0 Å². The van der Waals surface area contributed by atoms with Gasteiger partial charge >= 0.3 is 0 Å². The van der Waals surface area contributed by atoms with Gasteiger partial charge in [-0.05, 0) is 61.7 Å². The lowest BCUT2D eigenvalue weighted by Gasteiger charge is -2.28. The lowest BCUT2D eigenvalue weighted by Crippen LogP contribution is -2.29. The summed E-state index contributed by atoms with van der Waals surface area (Å²) in [4.78, 5) is 16.6. The van der Waals surface area contributed by atoms with Crippen LogP contribution in [-0.2, 0) is 0 Å². The van der Waals surface area contributed by atoms with Crippen LogP contribution in [0, 0.1) is 5.82 Å². The molecule has 160 valence electrons. The van der Waals surface area contributed by atoms with Crippen LogP contribution in [0.3, 0.4) is 0 Å². The number of pyridine rings is 1. The van der Waals surface area contributed by atoms with Gasteiger partial charge in [0.1, 0.15) is 17.2 Å². The SMILES string of the molecule is Nc1ccc(-c2nc3c(N4CCCCC4)ccnc3n2-c2ccc3scnc3c2)cc1F. The number of nitrogens with zero attached hydrogens (tertiary/aromatic N) is 5. The van der Waals surface area contributed by atoms with Crippen LogP contribution in [0.25, 0.3) is 38.5 Å². The quantitative estimate of drug-likeness (QED) is 0.377. The molecule has 1 saturated heterocycles. The van der Waals surface area contributed by atoms with Crippen molar-refractivity contribution in [2.45, 2.75) is 19.3 Å². The normalized spacial score (nSPS) is 14.5. The largest absolute Gasteiger partial charge is 0.396 e. The average Bonchev–Trinajstić information content (AvgIpc) is 3.45. The molecule has 0 amide bonds. The molecule has 0 aliphatic carbocycles. The number of imidazole rings is 1. The molecule has 2 aromatic carbocycles. The van der Waals surface area contributed by atoms with Crippen molar-refractivity contribution in [2.24, 2.45) is 0 Å². The fourth-order valence-electron chi connectivity index (χ4n) is 4.44. The van der Waals surface area contributed by atoms with E-state index in [4.69, 9.17) is 15.7 Å². The Hall–Kier alpha value is -3.52. The third-order valence-corrected chi connectivity index (χ3v) is 6.86. The lowest BCUT2D eigenvalue weighted by atomic mass is 10.1. The number of anilines is 2. The molecule has 0 atom stereocenters. The molecular weight excluding hydrogens is 423 g/mol. The number of benzene rings is 2. The van der Waals surface area contributed by atoms with E-state index >= 15 is 0 Å². The van der Waals surface area contributed by atoms with Crippen molar-refractivity contribution < 1.29 is 4.39 Å². The molecule has 1 aliphatic heterocycles. The van der Waals surface area contributed by atoms with Gasteiger partial charge < -0.3 is 10.6 Å². The number of rotatable bonds is 3. The third kappa shape index (κ3) is 3.10. The van der Waals surface area contributed by atoms with Crippen molar-refractivity contribution >= 4 is 44.1 Å². The fraction of sp³-hybridized carbons (Fsp3) is 0.208. The second-order valence-corrected chi connectivity index (χ2v) is 8.95. The van der Waals surface area contributed by atoms with E-state index < -0.39 is 5.82 Å². The van der Waals surface area contributed by atoms with Gasteiger partial charge in [0, 0.05) is 24.8 Å². The molecule has 0 bridgehead atoms. The van der Waals surface area contributed by atoms with Gasteiger partial charge in [-0.3, -0.25) is 4.57 Å². The molecule has 1 aliphatic rings. The number of thiazole rings is 1. The van der Waals surface area contributed by atoms with Crippen LogP contribution < -0.4 is 10.6 Å². The Morgan fingerprint density at radius 2 is 1.84 bits per heavy atom. The molecule has 0 unspecified atom stereocenters. The molecule has 0 saturated carbocycles. The predicted octanol–water partition coefficient (Wildman–Crippen LogP) is 5.41. The minimum atomic E-state index is -0.458. The van der Waals surface area contributed by atoms with Crippen molar-refractivity contribution in [3.8, 4) is 17.1 Å². The zero-order valence-corrected chi connectivity index (χ0v) is 18.1. The van der Waals surface area contributed by atoms with Crippen molar-refractivity contribution in [1.82, 2.24) is 19.5 Å². The maximum absolute atomic E-state index is 14.4. The highest BCUT2D eigenvalue weighted by atomic mass is 32.1. The number of hydrogen-bond donors (Lipinski definition) is 1. The topological polar surface area (TPSA) is 72.9 Å². The minimum absolute atomic E-state index is 0.118. The van der Waals surface area contributed by atoms with E-state index in [9.17, 15) is 4.39 Å². The Bertz CT molecular complexity index is 1450. The van der Waals surface area contributed by atoms with Crippen molar-refractivity contribution in [2.75, 3.05) is 23.7 Å². The number of hydrogen-bond acceptors (Lipinski definition) is 6. The Labute approximate surface area is 188 Å². The first-order valence-corrected chi connectivity index (χ1v) is 11.6. The molecule has 6 nitrogen and oxygen atoms in total. The van der Waals surface area contributed by atoms with Crippen LogP contribution in [0.15, 0.2) is 54.2 Å². The standard InChI is InChI=1S/C24H21FN6S/c25-17-12-15(4-6-18(17)26)23-29-22-20(30-10-2-1-3-11-30)8-9-27-24(22)31(23)16-5-7-21-19(13-16)28-14-32-21/h4-9,12-14H,1-3,10-11,26H2. The van der Waals surface area contributed by atoms with Crippen LogP contribution in [0.2, 0.25) is 0 Å². The van der Waals surface area contributed by atoms with Crippen LogP contribution in [0.1, 0.15) is 19.3 Å². The number of halogens is 1. The monoisotopic (exact) mass is 444 g/mol. The maximum atomic E-state index is 14.4. The highest BCUT2D eigenvalue weighted by molar-refractivity contribution is 7.16. The maximum Gasteiger partial charge on any atom is 0.167 e. The molecular formula is C24H21FN6S. The number of fused-ring (bicyclic) bond motifs is 2. The summed E-state index contributed by atoms with van der Waals surface area (Å²) in [5.41, 5.74) is 12.8. The van der Waals surface area contributed by atoms with Gasteiger partial charge in [0.05, 0.1) is 32.8 Å². The summed E-state index contributed by atoms with van der Waals surface area (Å²) in [5, 5.41) is 0. The molecule has 5 aromatic rings. The second kappa shape index (κ2) is 7.56. The molecule has 6 rings (SSSR count). The molecule has 0 radical (unpaired) electrons. The van der Waals surface area contributed by atoms with Gasteiger partial charge in [0.15, 0.2) is 5.65 Å². The van der Waals surface area contributed by atoms with Crippen LogP contribution in [0.5, 0.6) is 0 Å². The van der Waals surface area contributed by atoms with Gasteiger partial charge in [-0.15, -0.1) is 11.3 Å². The summed E-state index contributed by atoms with van der Waals surface area (Å²) in [6.07, 6.45) is 5.42. The Kier molecular flexibility index (Phi) is 4.53. The zero-order valence-electron chi connectivity index (χ0n) is 17.3. The van der Waals surface area contributed by atoms with Crippen LogP contribution >= 0.6 is 11.3 Å². The molecule has 1 fully saturated rings. The fourth-order valence-corrected chi connectivity index (χ4v) is 5.10. The minimum Gasteiger partial charge on any atom is -0.396 e. The van der Waals surface area contributed by atoms with Crippen molar-refractivity contribution in [1.29, 1.82) is 0 Å². The van der Waals surface area contributed by atoms with Crippen LogP contribution in [-0.4, -0.2) is 32.6 Å². The molecule has 32 heavy (non-hydrogen) atoms. The van der Waals surface area contributed by atoms with E-state index in [2.05, 4.69) is 16.0 Å². The summed E-state index contributed by atoms with van der Waals surface area (Å²) < 4.78 is 17.5. The Morgan fingerprint density at radius 3 is 2.69 bits per heavy atom. The highest BCUT2D eigenvalue weighted by Crippen LogP contribution is 2.35. The molecule has 3 aromatic heterocycles. The van der Waals surface area contributed by atoms with Gasteiger partial charge in [-0.2, -0.15) is 0 Å². The summed E-state index contributed by atoms with van der Waals surface area (Å²) in [6, 6.07) is 13.0. The molecule has 4 heterocycles. The van der Waals surface area contributed by atoms with E-state index in [1.807, 2.05) is 34.5 Å². The lowest BCUT2D eigenvalue weighted by molar-refractivity contribution is 0.578. The van der Waals surface area contributed by atoms with Crippen molar-refractivity contribution in [3.05, 3.63) is 60.0 Å². The number of aromatic nitrogens is 4. The third-order valence-electron chi connectivity index (χ3n) is 6.05. The van der Waals surface area contributed by atoms with E-state index in [0.29, 0.717) is 11.4 Å². The first-order chi connectivity index (χ1) is 15.7. The predicted molar refractivity (Wildman–Crippen MR) is 128 cm³/mol. The van der Waals surface area contributed by atoms with Gasteiger partial charge in [-0.25, -0.2) is 19.3 Å². The summed E-state index contributed by atoms with van der Waals surface area (Å²) in [5.74, 6) is 0.172. The van der Waals surface area contributed by atoms with E-state index in [0.717, 1.165) is 45.8 Å². The molecule has 2 N–H and O–H groups in total. The van der Waals surface area contributed by atoms with E-state index in [1.54, 1.807) is 23.5 Å². The number of piperidine rings is 1. The first-order valence-electron chi connectivity index (χ1n) is 10.7. The van der Waals surface area contributed by atoms with E-state index in [1.165, 1.54) is 25.3 Å². The number of nitrogen functional groups attached to an aromatic ring is 1. The van der Waals surface area contributed by atoms with Crippen molar-refractivity contribution in [3.63, 3.8) is 0 Å². The average molecular weight is 445 g/mol. The van der Waals surface area contributed by atoms with Crippen LogP contribution in [0.4, 0.5) is 15.8 Å². The van der Waals surface area contributed by atoms with Gasteiger partial charge in [-0.1, -0.05) is 0 Å². The van der Waals surface area contributed by atoms with E-state index in [-0.39, 0.29) is 5.69 Å². The Morgan fingerprint density at radius 1 is 0.969 bits per heavy atom. The van der Waals surface area contributed by atoms with Gasteiger partial charge in [0.25, 0.3) is 0 Å². The Balaban J connectivity index is 1.63. The molecule has 8 heteroatoms. The summed E-state index contributed by atoms with van der Waals surface area (Å²) in [6.45, 7) is 2.01. The number of nitrogens with two attached hydrogens (primary N) is 1. The smallest absolute Gasteiger partial charge is 0.167 e. The molecule has 0 spiro atoms. The summed E-state index contributed by atoms with van der Waals surface area (Å²) >= 11 is 1.60. The highest BCUT2D eigenvalue weighted by Gasteiger charge is 2.22.